The fourth-order valence-corrected chi connectivity index (χ4v) is 2.24. The number of hydrogen-bond donors (Lipinski definition) is 1. The van der Waals surface area contributed by atoms with Crippen molar-refractivity contribution in [2.75, 3.05) is 39.6 Å². The molecule has 0 rings (SSSR count). The number of ketones is 3. The lowest BCUT2D eigenvalue weighted by Gasteiger charge is -2.29. The van der Waals surface area contributed by atoms with E-state index in [1.807, 2.05) is 34.6 Å². The minimum atomic E-state index is -0.906. The molecule has 0 aliphatic heterocycles. The summed E-state index contributed by atoms with van der Waals surface area (Å²) in [6.07, 6.45) is 1.50. The van der Waals surface area contributed by atoms with Crippen molar-refractivity contribution in [3.8, 4) is 0 Å². The van der Waals surface area contributed by atoms with E-state index in [1.165, 1.54) is 0 Å². The quantitative estimate of drug-likeness (QED) is 0.351. The lowest BCUT2D eigenvalue weighted by Crippen LogP contribution is -2.53. The van der Waals surface area contributed by atoms with E-state index in [4.69, 9.17) is 19.9 Å². The molecule has 0 bridgehead atoms. The topological polar surface area (TPSA) is 105 Å². The Kier molecular flexibility index (Phi) is 14.2. The van der Waals surface area contributed by atoms with Gasteiger partial charge in [-0.15, -0.1) is 0 Å². The van der Waals surface area contributed by atoms with Crippen LogP contribution >= 0.6 is 0 Å². The maximum absolute atomic E-state index is 11.7. The van der Waals surface area contributed by atoms with Gasteiger partial charge < -0.3 is 19.9 Å². The largest absolute Gasteiger partial charge is 0.379 e. The summed E-state index contributed by atoms with van der Waals surface area (Å²) in [5.74, 6) is 0.371. The Hall–Kier alpha value is -1.15. The maximum atomic E-state index is 11.7. The second-order valence-electron chi connectivity index (χ2n) is 7.90. The third kappa shape index (κ3) is 13.1. The standard InChI is InChI=1S/C21H39NO6/c1-6-18(23)7-10-26-13-21(22,14-27-11-8-19(24)16(2)3)15-28-12-9-20(25)17(4)5/h16-17H,6-15,22H2,1-5H3. The summed E-state index contributed by atoms with van der Waals surface area (Å²) < 4.78 is 16.8. The van der Waals surface area contributed by atoms with Gasteiger partial charge in [0.2, 0.25) is 0 Å². The highest BCUT2D eigenvalue weighted by Crippen LogP contribution is 2.08. The molecule has 0 amide bonds. The normalized spacial score (nSPS) is 12.0. The van der Waals surface area contributed by atoms with Crippen LogP contribution in [0, 0.1) is 11.8 Å². The Bertz CT molecular complexity index is 448. The van der Waals surface area contributed by atoms with Crippen molar-refractivity contribution in [1.82, 2.24) is 0 Å². The highest BCUT2D eigenvalue weighted by atomic mass is 16.5. The zero-order chi connectivity index (χ0) is 21.6. The van der Waals surface area contributed by atoms with Crippen LogP contribution in [0.25, 0.3) is 0 Å². The fourth-order valence-electron chi connectivity index (χ4n) is 2.24. The van der Waals surface area contributed by atoms with Crippen molar-refractivity contribution in [3.63, 3.8) is 0 Å². The summed E-state index contributed by atoms with van der Waals surface area (Å²) in [7, 11) is 0. The van der Waals surface area contributed by atoms with E-state index in [-0.39, 0.29) is 62.2 Å². The first kappa shape index (κ1) is 26.9. The first-order valence-corrected chi connectivity index (χ1v) is 10.2. The first-order valence-electron chi connectivity index (χ1n) is 10.2. The van der Waals surface area contributed by atoms with Crippen LogP contribution in [0.4, 0.5) is 0 Å². The lowest BCUT2D eigenvalue weighted by atomic mass is 10.0. The van der Waals surface area contributed by atoms with Crippen molar-refractivity contribution >= 4 is 17.3 Å². The predicted molar refractivity (Wildman–Crippen MR) is 108 cm³/mol. The van der Waals surface area contributed by atoms with Gasteiger partial charge in [0.15, 0.2) is 0 Å². The molecule has 0 aromatic heterocycles. The smallest absolute Gasteiger partial charge is 0.137 e. The SMILES string of the molecule is CCC(=O)CCOCC(N)(COCCC(=O)C(C)C)COCCC(=O)C(C)C. The number of ether oxygens (including phenoxy) is 3. The molecule has 0 aromatic rings. The Morgan fingerprint density at radius 3 is 1.43 bits per heavy atom. The van der Waals surface area contributed by atoms with Crippen LogP contribution < -0.4 is 5.73 Å². The molecule has 0 saturated heterocycles. The van der Waals surface area contributed by atoms with Gasteiger partial charge in [0, 0.05) is 37.5 Å². The monoisotopic (exact) mass is 401 g/mol. The number of nitrogens with two attached hydrogens (primary N) is 1. The average Bonchev–Trinajstić information content (AvgIpc) is 2.65. The third-order valence-corrected chi connectivity index (χ3v) is 4.36. The number of carbonyl (C=O) groups is 3. The van der Waals surface area contributed by atoms with Gasteiger partial charge >= 0.3 is 0 Å². The third-order valence-electron chi connectivity index (χ3n) is 4.36. The van der Waals surface area contributed by atoms with E-state index >= 15 is 0 Å². The van der Waals surface area contributed by atoms with E-state index in [9.17, 15) is 14.4 Å². The van der Waals surface area contributed by atoms with Gasteiger partial charge in [-0.2, -0.15) is 0 Å². The van der Waals surface area contributed by atoms with Crippen molar-refractivity contribution in [1.29, 1.82) is 0 Å². The average molecular weight is 402 g/mol. The molecule has 0 radical (unpaired) electrons. The first-order chi connectivity index (χ1) is 13.1. The molecule has 7 nitrogen and oxygen atoms in total. The molecular weight excluding hydrogens is 362 g/mol. The highest BCUT2D eigenvalue weighted by molar-refractivity contribution is 5.80. The second kappa shape index (κ2) is 14.8. The molecule has 0 saturated carbocycles. The maximum Gasteiger partial charge on any atom is 0.137 e. The van der Waals surface area contributed by atoms with Crippen molar-refractivity contribution in [2.45, 2.75) is 65.8 Å². The molecule has 0 aromatic carbocycles. The minimum absolute atomic E-state index is 0.0208. The van der Waals surface area contributed by atoms with Crippen molar-refractivity contribution < 1.29 is 28.6 Å². The predicted octanol–water partition coefficient (Wildman–Crippen LogP) is 2.33. The molecule has 28 heavy (non-hydrogen) atoms. The van der Waals surface area contributed by atoms with Crippen LogP contribution in [0.1, 0.15) is 60.3 Å². The van der Waals surface area contributed by atoms with Crippen LogP contribution in [0.15, 0.2) is 0 Å². The van der Waals surface area contributed by atoms with Crippen molar-refractivity contribution in [2.24, 2.45) is 17.6 Å². The minimum Gasteiger partial charge on any atom is -0.379 e. The van der Waals surface area contributed by atoms with E-state index < -0.39 is 5.54 Å². The Balaban J connectivity index is 4.43. The summed E-state index contributed by atoms with van der Waals surface area (Å²) in [5.41, 5.74) is 5.47. The van der Waals surface area contributed by atoms with Crippen LogP contribution in [-0.4, -0.2) is 62.5 Å². The Morgan fingerprint density at radius 1 is 0.750 bits per heavy atom. The van der Waals surface area contributed by atoms with Gasteiger partial charge in [-0.3, -0.25) is 14.4 Å². The van der Waals surface area contributed by atoms with Gasteiger partial charge in [-0.25, -0.2) is 0 Å². The van der Waals surface area contributed by atoms with Crippen molar-refractivity contribution in [3.05, 3.63) is 0 Å². The van der Waals surface area contributed by atoms with Gasteiger partial charge in [0.05, 0.1) is 45.2 Å². The molecule has 0 aliphatic rings. The lowest BCUT2D eigenvalue weighted by molar-refractivity contribution is -0.123. The van der Waals surface area contributed by atoms with Gasteiger partial charge in [-0.05, 0) is 0 Å². The van der Waals surface area contributed by atoms with Crippen LogP contribution in [0.2, 0.25) is 0 Å². The molecule has 0 unspecified atom stereocenters. The van der Waals surface area contributed by atoms with Gasteiger partial charge in [0.1, 0.15) is 17.3 Å². The number of carbonyl (C=O) groups excluding carboxylic acids is 3. The number of rotatable bonds is 18. The van der Waals surface area contributed by atoms with E-state index in [2.05, 4.69) is 0 Å². The fraction of sp³-hybridized carbons (Fsp3) is 0.857. The molecule has 0 spiro atoms. The zero-order valence-corrected chi connectivity index (χ0v) is 18.3. The molecule has 7 heteroatoms. The molecular formula is C21H39NO6. The number of Topliss-reactive ketones (excluding diaryl/α,β-unsaturated/α-hetero) is 3. The number of hydrogen-bond acceptors (Lipinski definition) is 7. The summed E-state index contributed by atoms with van der Waals surface area (Å²) >= 11 is 0. The molecule has 0 heterocycles. The van der Waals surface area contributed by atoms with Crippen LogP contribution in [0.5, 0.6) is 0 Å². The summed E-state index contributed by atoms with van der Waals surface area (Å²) in [6.45, 7) is 10.6. The van der Waals surface area contributed by atoms with Gasteiger partial charge in [0.25, 0.3) is 0 Å². The molecule has 164 valence electrons. The van der Waals surface area contributed by atoms with Crippen LogP contribution in [-0.2, 0) is 28.6 Å². The molecule has 0 fully saturated rings. The second-order valence-corrected chi connectivity index (χ2v) is 7.90. The zero-order valence-electron chi connectivity index (χ0n) is 18.3. The van der Waals surface area contributed by atoms with Gasteiger partial charge in [-0.1, -0.05) is 34.6 Å². The van der Waals surface area contributed by atoms with E-state index in [1.54, 1.807) is 0 Å². The Morgan fingerprint density at radius 2 is 1.11 bits per heavy atom. The summed E-state index contributed by atoms with van der Waals surface area (Å²) in [4.78, 5) is 34.7. The Labute approximate surface area is 169 Å². The molecule has 0 aliphatic carbocycles. The summed E-state index contributed by atoms with van der Waals surface area (Å²) in [6, 6.07) is 0. The van der Waals surface area contributed by atoms with E-state index in [0.717, 1.165) is 0 Å². The molecule has 0 atom stereocenters. The highest BCUT2D eigenvalue weighted by Gasteiger charge is 2.27. The molecule has 2 N–H and O–H groups in total. The van der Waals surface area contributed by atoms with E-state index in [0.29, 0.717) is 32.3 Å². The van der Waals surface area contributed by atoms with Crippen LogP contribution in [0.3, 0.4) is 0 Å². The summed E-state index contributed by atoms with van der Waals surface area (Å²) in [5, 5.41) is 0.